The van der Waals surface area contributed by atoms with E-state index >= 15 is 0 Å². The van der Waals surface area contributed by atoms with Crippen molar-refractivity contribution in [2.45, 2.75) is 42.3 Å². The predicted molar refractivity (Wildman–Crippen MR) is 84.1 cm³/mol. The van der Waals surface area contributed by atoms with Crippen molar-refractivity contribution in [3.8, 4) is 0 Å². The molecule has 0 aromatic heterocycles. The Balaban J connectivity index is 2.51. The minimum Gasteiger partial charge on any atom is -0.467 e. The molecule has 1 unspecified atom stereocenters. The van der Waals surface area contributed by atoms with Crippen LogP contribution >= 0.6 is 0 Å². The molecule has 9 heteroatoms. The first-order valence-electron chi connectivity index (χ1n) is 7.54. The molecular formula is C16H18F3NO4S. The Kier molecular flexibility index (Phi) is 5.58. The fourth-order valence-electron chi connectivity index (χ4n) is 2.72. The highest BCUT2D eigenvalue weighted by Crippen LogP contribution is 2.40. The van der Waals surface area contributed by atoms with Crippen molar-refractivity contribution in [2.75, 3.05) is 7.11 Å². The number of sulfonamides is 1. The van der Waals surface area contributed by atoms with Crippen molar-refractivity contribution in [3.05, 3.63) is 42.0 Å². The number of alkyl halides is 3. The maximum atomic E-state index is 13.9. The number of hydrogen-bond donors (Lipinski definition) is 1. The number of ether oxygens (including phenoxy) is 1. The first kappa shape index (κ1) is 19.5. The molecular weight excluding hydrogens is 359 g/mol. The number of allylic oxidation sites excluding steroid dienone is 1. The van der Waals surface area contributed by atoms with Crippen LogP contribution in [0.1, 0.15) is 25.7 Å². The lowest BCUT2D eigenvalue weighted by Crippen LogP contribution is -2.64. The molecule has 1 aliphatic rings. The lowest BCUT2D eigenvalue weighted by molar-refractivity contribution is -0.207. The van der Waals surface area contributed by atoms with Gasteiger partial charge in [0.15, 0.2) is 0 Å². The number of carbonyl (C=O) groups excluding carboxylic acids is 1. The zero-order valence-corrected chi connectivity index (χ0v) is 14.3. The van der Waals surface area contributed by atoms with Gasteiger partial charge in [-0.05, 0) is 31.4 Å². The summed E-state index contributed by atoms with van der Waals surface area (Å²) in [6.07, 6.45) is -2.76. The second kappa shape index (κ2) is 7.17. The number of benzene rings is 1. The topological polar surface area (TPSA) is 72.5 Å². The SMILES string of the molecule is COC(=O)C(CC1=CCCC1)(NS(=O)(=O)c1ccccc1)C(F)(F)F. The van der Waals surface area contributed by atoms with Gasteiger partial charge in [0.25, 0.3) is 0 Å². The smallest absolute Gasteiger partial charge is 0.418 e. The number of rotatable bonds is 6. The van der Waals surface area contributed by atoms with Crippen molar-refractivity contribution < 1.29 is 31.1 Å². The molecule has 0 amide bonds. The van der Waals surface area contributed by atoms with Gasteiger partial charge >= 0.3 is 12.1 Å². The summed E-state index contributed by atoms with van der Waals surface area (Å²) in [5.74, 6) is -1.69. The van der Waals surface area contributed by atoms with Crippen LogP contribution in [-0.2, 0) is 19.6 Å². The van der Waals surface area contributed by atoms with Crippen LogP contribution in [0.4, 0.5) is 13.2 Å². The van der Waals surface area contributed by atoms with Gasteiger partial charge in [0, 0.05) is 6.42 Å². The van der Waals surface area contributed by atoms with Crippen LogP contribution in [0.5, 0.6) is 0 Å². The fraction of sp³-hybridized carbons (Fsp3) is 0.438. The van der Waals surface area contributed by atoms with Crippen LogP contribution in [0.25, 0.3) is 0 Å². The van der Waals surface area contributed by atoms with Crippen molar-refractivity contribution in [1.29, 1.82) is 0 Å². The highest BCUT2D eigenvalue weighted by Gasteiger charge is 2.63. The maximum Gasteiger partial charge on any atom is 0.418 e. The first-order valence-corrected chi connectivity index (χ1v) is 9.03. The third-order valence-corrected chi connectivity index (χ3v) is 5.52. The van der Waals surface area contributed by atoms with Crippen LogP contribution in [0.2, 0.25) is 0 Å². The third-order valence-electron chi connectivity index (χ3n) is 4.01. The molecule has 1 atom stereocenters. The van der Waals surface area contributed by atoms with Gasteiger partial charge in [-0.15, -0.1) is 0 Å². The molecule has 0 radical (unpaired) electrons. The van der Waals surface area contributed by atoms with E-state index < -0.39 is 34.1 Å². The molecule has 2 rings (SSSR count). The summed E-state index contributed by atoms with van der Waals surface area (Å²) < 4.78 is 72.4. The number of esters is 1. The third kappa shape index (κ3) is 4.04. The second-order valence-corrected chi connectivity index (χ2v) is 7.43. The molecule has 1 aliphatic carbocycles. The predicted octanol–water partition coefficient (Wildman–Crippen LogP) is 2.94. The lowest BCUT2D eigenvalue weighted by Gasteiger charge is -2.34. The molecule has 0 saturated carbocycles. The number of carbonyl (C=O) groups is 1. The average molecular weight is 377 g/mol. The van der Waals surface area contributed by atoms with Crippen molar-refractivity contribution in [3.63, 3.8) is 0 Å². The quantitative estimate of drug-likeness (QED) is 0.611. The highest BCUT2D eigenvalue weighted by molar-refractivity contribution is 7.89. The summed E-state index contributed by atoms with van der Waals surface area (Å²) >= 11 is 0. The molecule has 5 nitrogen and oxygen atoms in total. The average Bonchev–Trinajstić information content (AvgIpc) is 3.06. The van der Waals surface area contributed by atoms with Gasteiger partial charge < -0.3 is 4.74 Å². The maximum absolute atomic E-state index is 13.9. The molecule has 0 heterocycles. The van der Waals surface area contributed by atoms with E-state index in [0.29, 0.717) is 24.8 Å². The molecule has 0 bridgehead atoms. The number of hydrogen-bond acceptors (Lipinski definition) is 4. The monoisotopic (exact) mass is 377 g/mol. The van der Waals surface area contributed by atoms with Crippen LogP contribution < -0.4 is 4.72 Å². The largest absolute Gasteiger partial charge is 0.467 e. The lowest BCUT2D eigenvalue weighted by atomic mass is 9.90. The Morgan fingerprint density at radius 1 is 1.24 bits per heavy atom. The summed E-state index contributed by atoms with van der Waals surface area (Å²) in [6, 6.07) is 6.58. The first-order chi connectivity index (χ1) is 11.6. The molecule has 0 spiro atoms. The molecule has 1 aromatic rings. The van der Waals surface area contributed by atoms with Gasteiger partial charge in [-0.2, -0.15) is 17.9 Å². The van der Waals surface area contributed by atoms with E-state index in [4.69, 9.17) is 0 Å². The van der Waals surface area contributed by atoms with Gasteiger partial charge in [0.1, 0.15) is 0 Å². The van der Waals surface area contributed by atoms with Crippen LogP contribution in [0.3, 0.4) is 0 Å². The summed E-state index contributed by atoms with van der Waals surface area (Å²) in [7, 11) is -3.80. The van der Waals surface area contributed by atoms with Crippen molar-refractivity contribution in [1.82, 2.24) is 4.72 Å². The Morgan fingerprint density at radius 2 is 1.88 bits per heavy atom. The summed E-state index contributed by atoms with van der Waals surface area (Å²) in [4.78, 5) is 11.7. The minimum atomic E-state index is -5.18. The van der Waals surface area contributed by atoms with Crippen molar-refractivity contribution >= 4 is 16.0 Å². The van der Waals surface area contributed by atoms with Crippen molar-refractivity contribution in [2.24, 2.45) is 0 Å². The summed E-state index contributed by atoms with van der Waals surface area (Å²) in [6.45, 7) is 0. The van der Waals surface area contributed by atoms with Crippen LogP contribution in [0, 0.1) is 0 Å². The molecule has 1 N–H and O–H groups in total. The van der Waals surface area contributed by atoms with Gasteiger partial charge in [0.2, 0.25) is 15.6 Å². The normalized spacial score (nSPS) is 17.7. The molecule has 138 valence electrons. The number of halogens is 3. The number of nitrogens with one attached hydrogen (secondary N) is 1. The molecule has 1 aromatic carbocycles. The van der Waals surface area contributed by atoms with E-state index in [9.17, 15) is 26.4 Å². The Bertz CT molecular complexity index is 759. The Morgan fingerprint density at radius 3 is 2.36 bits per heavy atom. The van der Waals surface area contributed by atoms with E-state index in [1.165, 1.54) is 18.2 Å². The summed E-state index contributed by atoms with van der Waals surface area (Å²) in [5, 5.41) is 0. The second-order valence-electron chi connectivity index (χ2n) is 5.74. The highest BCUT2D eigenvalue weighted by atomic mass is 32.2. The van der Waals surface area contributed by atoms with Gasteiger partial charge in [-0.1, -0.05) is 29.8 Å². The van der Waals surface area contributed by atoms with E-state index in [1.807, 2.05) is 0 Å². The van der Waals surface area contributed by atoms with E-state index in [2.05, 4.69) is 4.74 Å². The Hall–Kier alpha value is -1.87. The van der Waals surface area contributed by atoms with E-state index in [0.717, 1.165) is 19.2 Å². The molecule has 25 heavy (non-hydrogen) atoms. The zero-order valence-electron chi connectivity index (χ0n) is 13.5. The Labute approximate surface area is 143 Å². The van der Waals surface area contributed by atoms with Gasteiger partial charge in [-0.25, -0.2) is 13.2 Å². The van der Waals surface area contributed by atoms with Crippen LogP contribution in [-0.4, -0.2) is 33.2 Å². The molecule has 0 saturated heterocycles. The number of methoxy groups -OCH3 is 1. The minimum absolute atomic E-state index is 0.368. The standard InChI is InChI=1S/C16H18F3NO4S/c1-24-14(21)15(16(17,18)19,11-12-7-5-6-8-12)20-25(22,23)13-9-3-2-4-10-13/h2-4,7,9-10,20H,5-6,8,11H2,1H3. The molecule has 0 fully saturated rings. The van der Waals surface area contributed by atoms with Gasteiger partial charge in [0.05, 0.1) is 12.0 Å². The van der Waals surface area contributed by atoms with Crippen LogP contribution in [0.15, 0.2) is 46.9 Å². The molecule has 0 aliphatic heterocycles. The van der Waals surface area contributed by atoms with E-state index in [1.54, 1.807) is 10.8 Å². The summed E-state index contributed by atoms with van der Waals surface area (Å²) in [5.41, 5.74) is -2.99. The zero-order chi connectivity index (χ0) is 18.7. The van der Waals surface area contributed by atoms with Gasteiger partial charge in [-0.3, -0.25) is 0 Å². The fourth-order valence-corrected chi connectivity index (χ4v) is 4.09. The van der Waals surface area contributed by atoms with E-state index in [-0.39, 0.29) is 4.90 Å².